The number of sulfone groups is 1. The van der Waals surface area contributed by atoms with E-state index in [0.29, 0.717) is 5.56 Å². The molecule has 2 N–H and O–H groups in total. The van der Waals surface area contributed by atoms with Crippen LogP contribution in [0.5, 0.6) is 0 Å². The number of carbonyl (C=O) groups is 2. The Bertz CT molecular complexity index is 846. The maximum atomic E-state index is 11.9. The van der Waals surface area contributed by atoms with Gasteiger partial charge in [0.1, 0.15) is 6.04 Å². The average molecular weight is 347 g/mol. The van der Waals surface area contributed by atoms with Crippen LogP contribution in [0.2, 0.25) is 0 Å². The van der Waals surface area contributed by atoms with Crippen molar-refractivity contribution in [3.63, 3.8) is 0 Å². The van der Waals surface area contributed by atoms with Crippen LogP contribution in [-0.2, 0) is 25.8 Å². The van der Waals surface area contributed by atoms with Gasteiger partial charge in [0.2, 0.25) is 0 Å². The maximum Gasteiger partial charge on any atom is 0.345 e. The number of rotatable bonds is 5. The molecule has 0 bridgehead atoms. The quantitative estimate of drug-likeness (QED) is 0.647. The normalized spacial score (nSPS) is 12.4. The summed E-state index contributed by atoms with van der Waals surface area (Å²) in [5.41, 5.74) is 6.57. The molecule has 0 heterocycles. The number of benzene rings is 2. The van der Waals surface area contributed by atoms with Gasteiger partial charge >= 0.3 is 11.9 Å². The van der Waals surface area contributed by atoms with Gasteiger partial charge in [-0.1, -0.05) is 30.3 Å². The van der Waals surface area contributed by atoms with Crippen LogP contribution < -0.4 is 5.73 Å². The molecule has 0 spiro atoms. The van der Waals surface area contributed by atoms with Crippen LogP contribution in [0.4, 0.5) is 0 Å². The molecule has 0 aliphatic heterocycles. The zero-order valence-electron chi connectivity index (χ0n) is 13.0. The fraction of sp³-hybridized carbons (Fsp3) is 0.176. The molecule has 2 aromatic carbocycles. The third-order valence-corrected chi connectivity index (χ3v) is 4.40. The highest BCUT2D eigenvalue weighted by Gasteiger charge is 2.20. The lowest BCUT2D eigenvalue weighted by Crippen LogP contribution is -2.35. The number of hydrogen-bond acceptors (Lipinski definition) is 6. The van der Waals surface area contributed by atoms with Crippen LogP contribution in [0.25, 0.3) is 0 Å². The minimum Gasteiger partial charge on any atom is -0.388 e. The monoisotopic (exact) mass is 347 g/mol. The van der Waals surface area contributed by atoms with Crippen molar-refractivity contribution in [2.45, 2.75) is 17.4 Å². The molecule has 0 saturated heterocycles. The molecule has 6 nitrogen and oxygen atoms in total. The van der Waals surface area contributed by atoms with E-state index in [1.807, 2.05) is 0 Å². The maximum absolute atomic E-state index is 11.9. The van der Waals surface area contributed by atoms with E-state index >= 15 is 0 Å². The lowest BCUT2D eigenvalue weighted by atomic mass is 10.1. The van der Waals surface area contributed by atoms with E-state index in [9.17, 15) is 18.0 Å². The molecule has 0 amide bonds. The fourth-order valence-corrected chi connectivity index (χ4v) is 2.73. The molecule has 0 aromatic heterocycles. The SMILES string of the molecule is CS(=O)(=O)c1cccc(C[C@H](N)C(=O)OC(=O)c2ccccc2)c1. The first-order chi connectivity index (χ1) is 11.3. The number of esters is 2. The Hall–Kier alpha value is -2.51. The third-order valence-electron chi connectivity index (χ3n) is 3.29. The molecule has 0 fully saturated rings. The standard InChI is InChI=1S/C17H17NO5S/c1-24(21,22)14-9-5-6-12(10-14)11-15(18)17(20)23-16(19)13-7-3-2-4-8-13/h2-10,15H,11,18H2,1H3/t15-/m0/s1. The summed E-state index contributed by atoms with van der Waals surface area (Å²) >= 11 is 0. The van der Waals surface area contributed by atoms with Gasteiger partial charge in [0, 0.05) is 6.26 Å². The van der Waals surface area contributed by atoms with Gasteiger partial charge in [-0.15, -0.1) is 0 Å². The lowest BCUT2D eigenvalue weighted by molar-refractivity contribution is -0.139. The van der Waals surface area contributed by atoms with Crippen molar-refractivity contribution >= 4 is 21.8 Å². The molecule has 126 valence electrons. The summed E-state index contributed by atoms with van der Waals surface area (Å²) in [7, 11) is -3.35. The Balaban J connectivity index is 2.03. The Kier molecular flexibility index (Phi) is 5.48. The van der Waals surface area contributed by atoms with Gasteiger partial charge in [-0.05, 0) is 36.2 Å². The van der Waals surface area contributed by atoms with Crippen molar-refractivity contribution in [2.24, 2.45) is 5.73 Å². The molecule has 7 heteroatoms. The molecule has 0 aliphatic rings. The number of ether oxygens (including phenoxy) is 1. The van der Waals surface area contributed by atoms with Gasteiger partial charge in [-0.25, -0.2) is 18.0 Å². The summed E-state index contributed by atoms with van der Waals surface area (Å²) in [6.45, 7) is 0. The molecule has 0 saturated carbocycles. The first-order valence-corrected chi connectivity index (χ1v) is 9.02. The molecule has 0 radical (unpaired) electrons. The Morgan fingerprint density at radius 3 is 2.38 bits per heavy atom. The van der Waals surface area contributed by atoms with Crippen molar-refractivity contribution in [3.05, 3.63) is 65.7 Å². The van der Waals surface area contributed by atoms with Crippen molar-refractivity contribution in [2.75, 3.05) is 6.26 Å². The second-order valence-electron chi connectivity index (χ2n) is 5.30. The number of nitrogens with two attached hydrogens (primary N) is 1. The summed E-state index contributed by atoms with van der Waals surface area (Å²) in [6.07, 6.45) is 1.16. The van der Waals surface area contributed by atoms with Gasteiger partial charge in [-0.2, -0.15) is 0 Å². The first-order valence-electron chi connectivity index (χ1n) is 7.13. The first kappa shape index (κ1) is 17.8. The van der Waals surface area contributed by atoms with Gasteiger partial charge in [0.05, 0.1) is 10.5 Å². The van der Waals surface area contributed by atoms with Crippen molar-refractivity contribution < 1.29 is 22.7 Å². The molecule has 1 atom stereocenters. The molecular formula is C17H17NO5S. The summed E-state index contributed by atoms with van der Waals surface area (Å²) in [5.74, 6) is -1.64. The van der Waals surface area contributed by atoms with Crippen molar-refractivity contribution in [3.8, 4) is 0 Å². The molecular weight excluding hydrogens is 330 g/mol. The van der Waals surface area contributed by atoms with Gasteiger partial charge < -0.3 is 10.5 Å². The summed E-state index contributed by atoms with van der Waals surface area (Å²) in [5, 5.41) is 0. The summed E-state index contributed by atoms with van der Waals surface area (Å²) < 4.78 is 27.8. The Morgan fingerprint density at radius 1 is 1.08 bits per heavy atom. The zero-order valence-corrected chi connectivity index (χ0v) is 13.8. The molecule has 2 rings (SSSR count). The average Bonchev–Trinajstić information content (AvgIpc) is 2.55. The van der Waals surface area contributed by atoms with Crippen LogP contribution >= 0.6 is 0 Å². The fourth-order valence-electron chi connectivity index (χ4n) is 2.04. The van der Waals surface area contributed by atoms with E-state index < -0.39 is 27.8 Å². The van der Waals surface area contributed by atoms with E-state index in [-0.39, 0.29) is 16.9 Å². The topological polar surface area (TPSA) is 104 Å². The highest BCUT2D eigenvalue weighted by atomic mass is 32.2. The minimum absolute atomic E-state index is 0.0598. The van der Waals surface area contributed by atoms with E-state index in [4.69, 9.17) is 10.5 Å². The predicted octanol–water partition coefficient (Wildman–Crippen LogP) is 1.34. The summed E-state index contributed by atoms with van der Waals surface area (Å²) in [4.78, 5) is 23.9. The van der Waals surface area contributed by atoms with Gasteiger partial charge in [-0.3, -0.25) is 0 Å². The van der Waals surface area contributed by atoms with E-state index in [0.717, 1.165) is 6.26 Å². The molecule has 24 heavy (non-hydrogen) atoms. The summed E-state index contributed by atoms with van der Waals surface area (Å²) in [6, 6.07) is 13.1. The molecule has 2 aromatic rings. The van der Waals surface area contributed by atoms with E-state index in [1.165, 1.54) is 24.3 Å². The second kappa shape index (κ2) is 7.37. The smallest absolute Gasteiger partial charge is 0.345 e. The predicted molar refractivity (Wildman–Crippen MR) is 88.1 cm³/mol. The van der Waals surface area contributed by atoms with Gasteiger partial charge in [0.15, 0.2) is 9.84 Å². The van der Waals surface area contributed by atoms with Crippen LogP contribution in [0.15, 0.2) is 59.5 Å². The van der Waals surface area contributed by atoms with Crippen LogP contribution in [-0.4, -0.2) is 32.7 Å². The molecule has 0 aliphatic carbocycles. The minimum atomic E-state index is -3.35. The number of carbonyl (C=O) groups excluding carboxylic acids is 2. The highest BCUT2D eigenvalue weighted by molar-refractivity contribution is 7.90. The zero-order chi connectivity index (χ0) is 17.7. The highest BCUT2D eigenvalue weighted by Crippen LogP contribution is 2.13. The van der Waals surface area contributed by atoms with Crippen LogP contribution in [0, 0.1) is 0 Å². The Labute approximate surface area is 140 Å². The van der Waals surface area contributed by atoms with Gasteiger partial charge in [0.25, 0.3) is 0 Å². The lowest BCUT2D eigenvalue weighted by Gasteiger charge is -2.11. The Morgan fingerprint density at radius 2 is 1.75 bits per heavy atom. The largest absolute Gasteiger partial charge is 0.388 e. The van der Waals surface area contributed by atoms with E-state index in [2.05, 4.69) is 0 Å². The number of hydrogen-bond donors (Lipinski definition) is 1. The van der Waals surface area contributed by atoms with Crippen LogP contribution in [0.1, 0.15) is 15.9 Å². The van der Waals surface area contributed by atoms with E-state index in [1.54, 1.807) is 30.3 Å². The third kappa shape index (κ3) is 4.74. The molecule has 0 unspecified atom stereocenters. The van der Waals surface area contributed by atoms with Crippen molar-refractivity contribution in [1.29, 1.82) is 0 Å². The van der Waals surface area contributed by atoms with Crippen LogP contribution in [0.3, 0.4) is 0 Å². The van der Waals surface area contributed by atoms with Crippen molar-refractivity contribution in [1.82, 2.24) is 0 Å². The second-order valence-corrected chi connectivity index (χ2v) is 7.32.